The summed E-state index contributed by atoms with van der Waals surface area (Å²) < 4.78 is 7.58. The van der Waals surface area contributed by atoms with Gasteiger partial charge in [0.2, 0.25) is 0 Å². The molecule has 1 saturated carbocycles. The fourth-order valence-corrected chi connectivity index (χ4v) is 6.16. The molecule has 1 fully saturated rings. The van der Waals surface area contributed by atoms with E-state index in [-0.39, 0.29) is 30.9 Å². The highest BCUT2D eigenvalue weighted by molar-refractivity contribution is 6.31. The van der Waals surface area contributed by atoms with Crippen LogP contribution in [-0.2, 0) is 23.4 Å². The van der Waals surface area contributed by atoms with E-state index in [9.17, 15) is 9.59 Å². The molecule has 7 heteroatoms. The van der Waals surface area contributed by atoms with Gasteiger partial charge < -0.3 is 19.2 Å². The predicted molar refractivity (Wildman–Crippen MR) is 143 cm³/mol. The van der Waals surface area contributed by atoms with Crippen LogP contribution in [0.2, 0.25) is 5.02 Å². The number of carbonyl (C=O) groups is 2. The number of hydrogen-bond acceptors (Lipinski definition) is 3. The third kappa shape index (κ3) is 4.13. The van der Waals surface area contributed by atoms with Gasteiger partial charge in [-0.2, -0.15) is 0 Å². The Kier molecular flexibility index (Phi) is 6.29. The van der Waals surface area contributed by atoms with E-state index in [4.69, 9.17) is 16.0 Å². The maximum Gasteiger partial charge on any atom is 0.272 e. The summed E-state index contributed by atoms with van der Waals surface area (Å²) in [5, 5.41) is 3.95. The zero-order valence-corrected chi connectivity index (χ0v) is 21.4. The Balaban J connectivity index is 1.52. The summed E-state index contributed by atoms with van der Waals surface area (Å²) in [6, 6.07) is 20.9. The number of halogens is 1. The zero-order chi connectivity index (χ0) is 25.4. The van der Waals surface area contributed by atoms with Crippen LogP contribution in [0.1, 0.15) is 60.1 Å². The SMILES string of the molecule is O=C1c2cc3occc3n2C[C@@](C(=O)NC2CCCCCC2)(c2ccccc2)N1Cc1ccccc1Cl. The summed E-state index contributed by atoms with van der Waals surface area (Å²) in [7, 11) is 0. The van der Waals surface area contributed by atoms with Crippen LogP contribution in [0.15, 0.2) is 77.4 Å². The van der Waals surface area contributed by atoms with E-state index in [1.807, 2.05) is 65.2 Å². The summed E-state index contributed by atoms with van der Waals surface area (Å²) in [4.78, 5) is 30.6. The average molecular weight is 516 g/mol. The first-order valence-electron chi connectivity index (χ1n) is 13.1. The zero-order valence-electron chi connectivity index (χ0n) is 20.7. The minimum Gasteiger partial charge on any atom is -0.463 e. The van der Waals surface area contributed by atoms with Crippen molar-refractivity contribution in [2.45, 2.75) is 63.2 Å². The Morgan fingerprint density at radius 1 is 1.00 bits per heavy atom. The molecule has 190 valence electrons. The van der Waals surface area contributed by atoms with Gasteiger partial charge in [0.05, 0.1) is 18.3 Å². The molecule has 2 aliphatic rings. The Morgan fingerprint density at radius 3 is 2.49 bits per heavy atom. The predicted octanol–water partition coefficient (Wildman–Crippen LogP) is 6.28. The molecule has 1 aliphatic carbocycles. The van der Waals surface area contributed by atoms with Crippen LogP contribution < -0.4 is 5.32 Å². The minimum absolute atomic E-state index is 0.0906. The first kappa shape index (κ1) is 23.9. The summed E-state index contributed by atoms with van der Waals surface area (Å²) in [5.74, 6) is -0.376. The van der Waals surface area contributed by atoms with Crippen molar-refractivity contribution in [1.29, 1.82) is 0 Å². The molecule has 1 N–H and O–H groups in total. The maximum absolute atomic E-state index is 14.6. The lowest BCUT2D eigenvalue weighted by atomic mass is 9.83. The van der Waals surface area contributed by atoms with E-state index >= 15 is 0 Å². The third-order valence-electron chi connectivity index (χ3n) is 7.94. The van der Waals surface area contributed by atoms with E-state index < -0.39 is 5.54 Å². The fourth-order valence-electron chi connectivity index (χ4n) is 5.97. The largest absolute Gasteiger partial charge is 0.463 e. The molecule has 3 heterocycles. The molecule has 37 heavy (non-hydrogen) atoms. The molecule has 0 saturated heterocycles. The summed E-state index contributed by atoms with van der Waals surface area (Å²) in [6.07, 6.45) is 8.11. The van der Waals surface area contributed by atoms with Crippen LogP contribution in [0.3, 0.4) is 0 Å². The Hall–Kier alpha value is -3.51. The van der Waals surface area contributed by atoms with E-state index in [0.717, 1.165) is 42.3 Å². The van der Waals surface area contributed by atoms with Crippen molar-refractivity contribution in [2.24, 2.45) is 0 Å². The van der Waals surface area contributed by atoms with Gasteiger partial charge in [0.25, 0.3) is 11.8 Å². The Morgan fingerprint density at radius 2 is 1.73 bits per heavy atom. The van der Waals surface area contributed by atoms with Crippen molar-refractivity contribution in [1.82, 2.24) is 14.8 Å². The smallest absolute Gasteiger partial charge is 0.272 e. The molecule has 1 aliphatic heterocycles. The van der Waals surface area contributed by atoms with Crippen molar-refractivity contribution in [3.63, 3.8) is 0 Å². The monoisotopic (exact) mass is 515 g/mol. The van der Waals surface area contributed by atoms with Gasteiger partial charge in [-0.15, -0.1) is 0 Å². The van der Waals surface area contributed by atoms with Crippen LogP contribution >= 0.6 is 11.6 Å². The standard InChI is InChI=1S/C30H30ClN3O3/c31-24-15-9-8-10-21(24)19-34-28(35)26-18-27-25(16-17-37-27)33(26)20-30(34,22-11-4-3-5-12-22)29(36)32-23-13-6-1-2-7-14-23/h3-5,8-12,15-18,23H,1-2,6-7,13-14,19-20H2,(H,32,36)/t30-/m0/s1. The maximum atomic E-state index is 14.6. The quantitative estimate of drug-likeness (QED) is 0.318. The molecule has 1 atom stereocenters. The first-order chi connectivity index (χ1) is 18.1. The molecule has 4 aromatic rings. The van der Waals surface area contributed by atoms with Crippen molar-refractivity contribution in [2.75, 3.05) is 0 Å². The normalized spacial score (nSPS) is 20.6. The van der Waals surface area contributed by atoms with E-state index in [1.165, 1.54) is 12.8 Å². The lowest BCUT2D eigenvalue weighted by Crippen LogP contribution is -2.64. The lowest BCUT2D eigenvalue weighted by molar-refractivity contribution is -0.136. The van der Waals surface area contributed by atoms with Crippen LogP contribution in [0.5, 0.6) is 0 Å². The fraction of sp³-hybridized carbons (Fsp3) is 0.333. The van der Waals surface area contributed by atoms with E-state index in [2.05, 4.69) is 5.32 Å². The topological polar surface area (TPSA) is 67.5 Å². The van der Waals surface area contributed by atoms with Crippen LogP contribution in [0.25, 0.3) is 11.1 Å². The van der Waals surface area contributed by atoms with Gasteiger partial charge in [-0.1, -0.05) is 85.8 Å². The molecule has 0 radical (unpaired) electrons. The van der Waals surface area contributed by atoms with Gasteiger partial charge in [-0.25, -0.2) is 0 Å². The third-order valence-corrected chi connectivity index (χ3v) is 8.31. The Labute approximate surface area is 221 Å². The number of amides is 2. The van der Waals surface area contributed by atoms with Crippen LogP contribution in [0, 0.1) is 0 Å². The van der Waals surface area contributed by atoms with Crippen molar-refractivity contribution < 1.29 is 14.0 Å². The second-order valence-corrected chi connectivity index (χ2v) is 10.6. The number of benzene rings is 2. The van der Waals surface area contributed by atoms with Crippen molar-refractivity contribution in [3.8, 4) is 0 Å². The van der Waals surface area contributed by atoms with E-state index in [0.29, 0.717) is 16.3 Å². The molecule has 0 bridgehead atoms. The number of furan rings is 1. The van der Waals surface area contributed by atoms with Gasteiger partial charge in [0.15, 0.2) is 11.1 Å². The van der Waals surface area contributed by atoms with Crippen molar-refractivity contribution in [3.05, 3.63) is 94.8 Å². The molecular weight excluding hydrogens is 486 g/mol. The summed E-state index contributed by atoms with van der Waals surface area (Å²) >= 11 is 6.57. The van der Waals surface area contributed by atoms with Crippen LogP contribution in [0.4, 0.5) is 0 Å². The molecule has 6 rings (SSSR count). The highest BCUT2D eigenvalue weighted by atomic mass is 35.5. The molecular formula is C30H30ClN3O3. The molecule has 0 unspecified atom stereocenters. The summed E-state index contributed by atoms with van der Waals surface area (Å²) in [5.41, 5.74) is 2.26. The van der Waals surface area contributed by atoms with Gasteiger partial charge in [0.1, 0.15) is 5.69 Å². The highest BCUT2D eigenvalue weighted by Gasteiger charge is 2.53. The lowest BCUT2D eigenvalue weighted by Gasteiger charge is -2.47. The highest BCUT2D eigenvalue weighted by Crippen LogP contribution is 2.41. The van der Waals surface area contributed by atoms with Crippen LogP contribution in [-0.4, -0.2) is 27.3 Å². The number of rotatable bonds is 5. The molecule has 6 nitrogen and oxygen atoms in total. The number of fused-ring (bicyclic) bond motifs is 3. The summed E-state index contributed by atoms with van der Waals surface area (Å²) in [6.45, 7) is 0.488. The van der Waals surface area contributed by atoms with Gasteiger partial charge >= 0.3 is 0 Å². The molecule has 2 amide bonds. The van der Waals surface area contributed by atoms with Gasteiger partial charge in [0, 0.05) is 29.7 Å². The number of nitrogens with zero attached hydrogens (tertiary/aromatic N) is 2. The van der Waals surface area contributed by atoms with Gasteiger partial charge in [-0.05, 0) is 30.0 Å². The van der Waals surface area contributed by atoms with E-state index in [1.54, 1.807) is 17.2 Å². The van der Waals surface area contributed by atoms with Gasteiger partial charge in [-0.3, -0.25) is 9.59 Å². The first-order valence-corrected chi connectivity index (χ1v) is 13.4. The molecule has 2 aromatic heterocycles. The average Bonchev–Trinajstić information content (AvgIpc) is 3.41. The van der Waals surface area contributed by atoms with Crippen molar-refractivity contribution >= 4 is 34.5 Å². The number of aromatic nitrogens is 1. The molecule has 0 spiro atoms. The Bertz CT molecular complexity index is 1430. The molecule has 2 aromatic carbocycles. The second-order valence-electron chi connectivity index (χ2n) is 10.2. The number of carbonyl (C=O) groups excluding carboxylic acids is 2. The minimum atomic E-state index is -1.26. The second kappa shape index (κ2) is 9.75. The number of nitrogens with one attached hydrogen (secondary N) is 1. The number of hydrogen-bond donors (Lipinski definition) is 1.